The fourth-order valence-corrected chi connectivity index (χ4v) is 2.14. The minimum atomic E-state index is -0.0670. The van der Waals surface area contributed by atoms with E-state index in [1.54, 1.807) is 18.7 Å². The Morgan fingerprint density at radius 2 is 2.35 bits per heavy atom. The van der Waals surface area contributed by atoms with Gasteiger partial charge in [-0.15, -0.1) is 0 Å². The van der Waals surface area contributed by atoms with Crippen LogP contribution in [0.15, 0.2) is 43.1 Å². The van der Waals surface area contributed by atoms with Gasteiger partial charge in [-0.1, -0.05) is 6.07 Å². The first-order valence-corrected chi connectivity index (χ1v) is 6.50. The van der Waals surface area contributed by atoms with E-state index in [9.17, 15) is 4.79 Å². The molecule has 0 saturated carbocycles. The average molecular weight is 269 g/mol. The number of aromatic amines is 1. The lowest BCUT2D eigenvalue weighted by Crippen LogP contribution is -2.25. The number of carbonyl (C=O) groups excluding carboxylic acids is 1. The molecule has 0 atom stereocenters. The zero-order chi connectivity index (χ0) is 13.8. The van der Waals surface area contributed by atoms with Crippen molar-refractivity contribution in [3.05, 3.63) is 48.7 Å². The second-order valence-corrected chi connectivity index (χ2v) is 4.55. The van der Waals surface area contributed by atoms with E-state index < -0.39 is 0 Å². The SMILES string of the molecule is O=C(NCCCn1ccnc1)c1cccc2[nH]ncc12. The van der Waals surface area contributed by atoms with E-state index in [1.807, 2.05) is 29.0 Å². The Hall–Kier alpha value is -2.63. The van der Waals surface area contributed by atoms with Gasteiger partial charge >= 0.3 is 0 Å². The molecule has 0 fully saturated rings. The van der Waals surface area contributed by atoms with Crippen molar-refractivity contribution in [2.24, 2.45) is 0 Å². The van der Waals surface area contributed by atoms with Crippen LogP contribution in [0.25, 0.3) is 10.9 Å². The maximum Gasteiger partial charge on any atom is 0.252 e. The largest absolute Gasteiger partial charge is 0.352 e. The maximum absolute atomic E-state index is 12.1. The van der Waals surface area contributed by atoms with E-state index in [0.717, 1.165) is 23.9 Å². The van der Waals surface area contributed by atoms with Gasteiger partial charge in [-0.25, -0.2) is 4.98 Å². The van der Waals surface area contributed by atoms with Crippen LogP contribution in [-0.4, -0.2) is 32.2 Å². The molecule has 3 aromatic rings. The molecule has 0 aliphatic heterocycles. The summed E-state index contributed by atoms with van der Waals surface area (Å²) < 4.78 is 1.99. The van der Waals surface area contributed by atoms with Crippen LogP contribution in [0.2, 0.25) is 0 Å². The van der Waals surface area contributed by atoms with Crippen molar-refractivity contribution >= 4 is 16.8 Å². The highest BCUT2D eigenvalue weighted by molar-refractivity contribution is 6.05. The smallest absolute Gasteiger partial charge is 0.252 e. The predicted octanol–water partition coefficient (Wildman–Crippen LogP) is 1.58. The molecular weight excluding hydrogens is 254 g/mol. The third-order valence-electron chi connectivity index (χ3n) is 3.17. The fraction of sp³-hybridized carbons (Fsp3) is 0.214. The van der Waals surface area contributed by atoms with Gasteiger partial charge < -0.3 is 9.88 Å². The summed E-state index contributed by atoms with van der Waals surface area (Å²) in [6, 6.07) is 5.56. The minimum Gasteiger partial charge on any atom is -0.352 e. The lowest BCUT2D eigenvalue weighted by atomic mass is 10.1. The Balaban J connectivity index is 1.58. The van der Waals surface area contributed by atoms with Gasteiger partial charge in [0, 0.05) is 30.9 Å². The topological polar surface area (TPSA) is 75.6 Å². The van der Waals surface area contributed by atoms with Crippen LogP contribution in [0.5, 0.6) is 0 Å². The molecule has 20 heavy (non-hydrogen) atoms. The number of benzene rings is 1. The van der Waals surface area contributed by atoms with Crippen molar-refractivity contribution in [2.45, 2.75) is 13.0 Å². The summed E-state index contributed by atoms with van der Waals surface area (Å²) in [7, 11) is 0. The minimum absolute atomic E-state index is 0.0670. The molecule has 0 bridgehead atoms. The van der Waals surface area contributed by atoms with Gasteiger partial charge in [0.1, 0.15) is 0 Å². The maximum atomic E-state index is 12.1. The lowest BCUT2D eigenvalue weighted by Gasteiger charge is -2.06. The molecule has 2 heterocycles. The summed E-state index contributed by atoms with van der Waals surface area (Å²) in [5, 5.41) is 10.6. The van der Waals surface area contributed by atoms with Gasteiger partial charge in [-0.2, -0.15) is 5.10 Å². The first kappa shape index (κ1) is 12.4. The number of nitrogens with one attached hydrogen (secondary N) is 2. The molecule has 0 aliphatic carbocycles. The molecule has 1 amide bonds. The van der Waals surface area contributed by atoms with E-state index >= 15 is 0 Å². The number of hydrogen-bond donors (Lipinski definition) is 2. The van der Waals surface area contributed by atoms with Crippen LogP contribution in [0.1, 0.15) is 16.8 Å². The van der Waals surface area contributed by atoms with E-state index in [-0.39, 0.29) is 5.91 Å². The second kappa shape index (κ2) is 5.56. The number of H-pyrrole nitrogens is 1. The van der Waals surface area contributed by atoms with Crippen molar-refractivity contribution in [3.63, 3.8) is 0 Å². The summed E-state index contributed by atoms with van der Waals surface area (Å²) in [6.07, 6.45) is 7.97. The van der Waals surface area contributed by atoms with Gasteiger partial charge in [0.2, 0.25) is 0 Å². The number of hydrogen-bond acceptors (Lipinski definition) is 3. The molecule has 0 saturated heterocycles. The molecule has 3 rings (SSSR count). The van der Waals surface area contributed by atoms with Crippen molar-refractivity contribution < 1.29 is 4.79 Å². The van der Waals surface area contributed by atoms with E-state index in [0.29, 0.717) is 12.1 Å². The van der Waals surface area contributed by atoms with Crippen LogP contribution in [-0.2, 0) is 6.54 Å². The molecule has 0 unspecified atom stereocenters. The molecule has 102 valence electrons. The first-order valence-electron chi connectivity index (χ1n) is 6.50. The molecular formula is C14H15N5O. The molecule has 0 aliphatic rings. The summed E-state index contributed by atoms with van der Waals surface area (Å²) in [6.45, 7) is 1.47. The van der Waals surface area contributed by atoms with Crippen LogP contribution >= 0.6 is 0 Å². The van der Waals surface area contributed by atoms with Gasteiger partial charge in [0.25, 0.3) is 5.91 Å². The normalized spacial score (nSPS) is 10.8. The molecule has 2 N–H and O–H groups in total. The Labute approximate surface area is 115 Å². The number of amides is 1. The van der Waals surface area contributed by atoms with E-state index in [1.165, 1.54) is 0 Å². The first-order chi connectivity index (χ1) is 9.84. The number of imidazole rings is 1. The molecule has 6 nitrogen and oxygen atoms in total. The molecule has 6 heteroatoms. The molecule has 0 spiro atoms. The number of aromatic nitrogens is 4. The second-order valence-electron chi connectivity index (χ2n) is 4.55. The van der Waals surface area contributed by atoms with E-state index in [2.05, 4.69) is 20.5 Å². The quantitative estimate of drug-likeness (QED) is 0.690. The summed E-state index contributed by atoms with van der Waals surface area (Å²) in [5.41, 5.74) is 1.52. The number of aryl methyl sites for hydroxylation is 1. The Bertz CT molecular complexity index is 701. The van der Waals surface area contributed by atoms with Crippen LogP contribution in [0.3, 0.4) is 0 Å². The Morgan fingerprint density at radius 3 is 3.20 bits per heavy atom. The van der Waals surface area contributed by atoms with Crippen molar-refractivity contribution in [3.8, 4) is 0 Å². The molecule has 2 aromatic heterocycles. The van der Waals surface area contributed by atoms with Gasteiger partial charge in [0.05, 0.1) is 23.6 Å². The summed E-state index contributed by atoms with van der Waals surface area (Å²) in [4.78, 5) is 16.1. The number of carbonyl (C=O) groups is 1. The Morgan fingerprint density at radius 1 is 1.40 bits per heavy atom. The highest BCUT2D eigenvalue weighted by Gasteiger charge is 2.10. The van der Waals surface area contributed by atoms with Crippen molar-refractivity contribution in [2.75, 3.05) is 6.54 Å². The third-order valence-corrected chi connectivity index (χ3v) is 3.17. The number of fused-ring (bicyclic) bond motifs is 1. The van der Waals surface area contributed by atoms with Crippen LogP contribution < -0.4 is 5.32 Å². The van der Waals surface area contributed by atoms with Crippen LogP contribution in [0.4, 0.5) is 0 Å². The third kappa shape index (κ3) is 2.54. The fourth-order valence-electron chi connectivity index (χ4n) is 2.14. The zero-order valence-corrected chi connectivity index (χ0v) is 10.9. The highest BCUT2D eigenvalue weighted by atomic mass is 16.1. The van der Waals surface area contributed by atoms with Gasteiger partial charge in [0.15, 0.2) is 0 Å². The van der Waals surface area contributed by atoms with Gasteiger partial charge in [-0.3, -0.25) is 9.89 Å². The summed E-state index contributed by atoms with van der Waals surface area (Å²) >= 11 is 0. The highest BCUT2D eigenvalue weighted by Crippen LogP contribution is 2.15. The zero-order valence-electron chi connectivity index (χ0n) is 10.9. The summed E-state index contributed by atoms with van der Waals surface area (Å²) in [5.74, 6) is -0.0670. The number of nitrogens with zero attached hydrogens (tertiary/aromatic N) is 3. The van der Waals surface area contributed by atoms with Crippen molar-refractivity contribution in [1.82, 2.24) is 25.1 Å². The Kier molecular flexibility index (Phi) is 3.45. The standard InChI is InChI=1S/C14H15N5O/c20-14(16-5-2-7-19-8-6-15-10-19)11-3-1-4-13-12(11)9-17-18-13/h1,3-4,6,8-10H,2,5,7H2,(H,16,20)(H,17,18). The monoisotopic (exact) mass is 269 g/mol. The van der Waals surface area contributed by atoms with E-state index in [4.69, 9.17) is 0 Å². The molecule has 0 radical (unpaired) electrons. The predicted molar refractivity (Wildman–Crippen MR) is 75.3 cm³/mol. The van der Waals surface area contributed by atoms with Crippen molar-refractivity contribution in [1.29, 1.82) is 0 Å². The average Bonchev–Trinajstić information content (AvgIpc) is 3.13. The lowest BCUT2D eigenvalue weighted by molar-refractivity contribution is 0.0954. The number of rotatable bonds is 5. The molecule has 1 aromatic carbocycles. The van der Waals surface area contributed by atoms with Crippen LogP contribution in [0, 0.1) is 0 Å². The van der Waals surface area contributed by atoms with Gasteiger partial charge in [-0.05, 0) is 18.6 Å².